The average Bonchev–Trinajstić information content (AvgIpc) is 2.53. The number of benzene rings is 1. The minimum Gasteiger partial charge on any atom is -0.444 e. The fraction of sp³-hybridized carbons (Fsp3) is 0.611. The van der Waals surface area contributed by atoms with Crippen molar-refractivity contribution < 1.29 is 22.7 Å². The van der Waals surface area contributed by atoms with Crippen molar-refractivity contribution in [2.24, 2.45) is 5.73 Å². The molecule has 1 aromatic rings. The molecule has 1 aromatic carbocycles. The summed E-state index contributed by atoms with van der Waals surface area (Å²) in [5.41, 5.74) is 4.79. The van der Waals surface area contributed by atoms with Crippen molar-refractivity contribution in [1.82, 2.24) is 4.90 Å². The predicted molar refractivity (Wildman–Crippen MR) is 93.8 cm³/mol. The number of hydrogen-bond acceptors (Lipinski definition) is 4. The van der Waals surface area contributed by atoms with E-state index < -0.39 is 23.4 Å². The Morgan fingerprint density at radius 3 is 2.38 bits per heavy atom. The smallest absolute Gasteiger partial charge is 0.418 e. The Labute approximate surface area is 151 Å². The number of nitrogens with zero attached hydrogens (tertiary/aromatic N) is 1. The molecule has 1 fully saturated rings. The van der Waals surface area contributed by atoms with E-state index in [2.05, 4.69) is 5.32 Å². The lowest BCUT2D eigenvalue weighted by Gasteiger charge is -2.34. The quantitative estimate of drug-likeness (QED) is 0.841. The fourth-order valence-electron chi connectivity index (χ4n) is 2.91. The first-order chi connectivity index (χ1) is 12.0. The maximum atomic E-state index is 13.3. The number of halogens is 3. The fourth-order valence-corrected chi connectivity index (χ4v) is 2.91. The molecule has 0 spiro atoms. The second kappa shape index (κ2) is 7.73. The van der Waals surface area contributed by atoms with Crippen molar-refractivity contribution in [3.05, 3.63) is 29.3 Å². The Morgan fingerprint density at radius 2 is 1.88 bits per heavy atom. The zero-order chi connectivity index (χ0) is 19.5. The van der Waals surface area contributed by atoms with Gasteiger partial charge in [0.2, 0.25) is 0 Å². The Morgan fingerprint density at radius 1 is 1.27 bits per heavy atom. The molecular formula is C18H26F3N3O2. The van der Waals surface area contributed by atoms with E-state index >= 15 is 0 Å². The molecule has 0 unspecified atom stereocenters. The van der Waals surface area contributed by atoms with Gasteiger partial charge in [0.1, 0.15) is 5.60 Å². The molecule has 0 aliphatic carbocycles. The van der Waals surface area contributed by atoms with Gasteiger partial charge >= 0.3 is 12.3 Å². The van der Waals surface area contributed by atoms with Crippen LogP contribution in [0.1, 0.15) is 44.7 Å². The maximum absolute atomic E-state index is 13.3. The van der Waals surface area contributed by atoms with Gasteiger partial charge in [-0.2, -0.15) is 13.2 Å². The number of hydrogen-bond donors (Lipinski definition) is 2. The lowest BCUT2D eigenvalue weighted by molar-refractivity contribution is -0.137. The summed E-state index contributed by atoms with van der Waals surface area (Å²) < 4.78 is 45.2. The molecule has 8 heteroatoms. The predicted octanol–water partition coefficient (Wildman–Crippen LogP) is 3.98. The molecule has 0 saturated carbocycles. The van der Waals surface area contributed by atoms with Crippen LogP contribution in [-0.4, -0.2) is 35.7 Å². The van der Waals surface area contributed by atoms with Gasteiger partial charge < -0.3 is 20.7 Å². The number of alkyl halides is 3. The van der Waals surface area contributed by atoms with Gasteiger partial charge in [-0.05, 0) is 45.2 Å². The summed E-state index contributed by atoms with van der Waals surface area (Å²) in [6.07, 6.45) is -3.77. The van der Waals surface area contributed by atoms with Crippen molar-refractivity contribution in [1.29, 1.82) is 0 Å². The highest BCUT2D eigenvalue weighted by Crippen LogP contribution is 2.37. The van der Waals surface area contributed by atoms with Gasteiger partial charge in [-0.15, -0.1) is 0 Å². The third-order valence-corrected chi connectivity index (χ3v) is 4.17. The molecule has 1 aliphatic rings. The number of nitrogens with two attached hydrogens (primary N) is 1. The van der Waals surface area contributed by atoms with Crippen LogP contribution in [0, 0.1) is 0 Å². The molecule has 146 valence electrons. The molecule has 0 atom stereocenters. The number of carbonyl (C=O) groups excluding carboxylic acids is 1. The highest BCUT2D eigenvalue weighted by molar-refractivity contribution is 5.68. The largest absolute Gasteiger partial charge is 0.444 e. The van der Waals surface area contributed by atoms with Gasteiger partial charge in [0.15, 0.2) is 0 Å². The number of nitrogens with one attached hydrogen (secondary N) is 1. The second-order valence-corrected chi connectivity index (χ2v) is 7.43. The summed E-state index contributed by atoms with van der Waals surface area (Å²) in [7, 11) is 0. The van der Waals surface area contributed by atoms with E-state index in [0.717, 1.165) is 6.07 Å². The van der Waals surface area contributed by atoms with Gasteiger partial charge in [-0.1, -0.05) is 12.1 Å². The van der Waals surface area contributed by atoms with E-state index in [9.17, 15) is 18.0 Å². The molecule has 0 bridgehead atoms. The van der Waals surface area contributed by atoms with E-state index in [1.54, 1.807) is 31.7 Å². The summed E-state index contributed by atoms with van der Waals surface area (Å²) in [6, 6.07) is 3.84. The van der Waals surface area contributed by atoms with Gasteiger partial charge in [0.25, 0.3) is 0 Å². The Balaban J connectivity index is 2.05. The molecule has 1 heterocycles. The first-order valence-electron chi connectivity index (χ1n) is 8.65. The highest BCUT2D eigenvalue weighted by Gasteiger charge is 2.35. The molecule has 1 amide bonds. The van der Waals surface area contributed by atoms with Crippen LogP contribution in [0.25, 0.3) is 0 Å². The van der Waals surface area contributed by atoms with Crippen LogP contribution in [-0.2, 0) is 17.5 Å². The maximum Gasteiger partial charge on any atom is 0.418 e. The topological polar surface area (TPSA) is 67.6 Å². The van der Waals surface area contributed by atoms with Crippen molar-refractivity contribution in [3.63, 3.8) is 0 Å². The van der Waals surface area contributed by atoms with Crippen molar-refractivity contribution in [2.45, 2.75) is 58.0 Å². The third-order valence-electron chi connectivity index (χ3n) is 4.17. The number of carbonyl (C=O) groups is 1. The van der Waals surface area contributed by atoms with E-state index in [4.69, 9.17) is 10.5 Å². The summed E-state index contributed by atoms with van der Waals surface area (Å²) >= 11 is 0. The summed E-state index contributed by atoms with van der Waals surface area (Å²) in [5.74, 6) is 0. The van der Waals surface area contributed by atoms with Crippen LogP contribution < -0.4 is 11.1 Å². The number of likely N-dealkylation sites (tertiary alicyclic amines) is 1. The van der Waals surface area contributed by atoms with Gasteiger partial charge in [-0.25, -0.2) is 4.79 Å². The number of anilines is 1. The van der Waals surface area contributed by atoms with Crippen LogP contribution in [0.15, 0.2) is 18.2 Å². The monoisotopic (exact) mass is 373 g/mol. The van der Waals surface area contributed by atoms with Crippen molar-refractivity contribution >= 4 is 11.8 Å². The molecule has 5 nitrogen and oxygen atoms in total. The van der Waals surface area contributed by atoms with Gasteiger partial charge in [0.05, 0.1) is 11.3 Å². The van der Waals surface area contributed by atoms with Crippen molar-refractivity contribution in [2.75, 3.05) is 18.4 Å². The standard InChI is InChI=1S/C18H26F3N3O2/c1-17(2,3)26-16(25)24-9-7-13(8-10-24)23-15-12(11-22)5-4-6-14(15)18(19,20)21/h4-6,13,23H,7-11,22H2,1-3H3. The minimum absolute atomic E-state index is 0.0169. The molecule has 3 N–H and O–H groups in total. The van der Waals surface area contributed by atoms with E-state index in [1.165, 1.54) is 6.07 Å². The Hall–Kier alpha value is -1.96. The lowest BCUT2D eigenvalue weighted by Crippen LogP contribution is -2.44. The normalized spacial score (nSPS) is 16.5. The number of piperidine rings is 1. The lowest BCUT2D eigenvalue weighted by atomic mass is 10.0. The molecule has 26 heavy (non-hydrogen) atoms. The van der Waals surface area contributed by atoms with Gasteiger partial charge in [0, 0.05) is 25.7 Å². The Kier molecular flexibility index (Phi) is 6.05. The zero-order valence-corrected chi connectivity index (χ0v) is 15.3. The number of para-hydroxylation sites is 1. The number of ether oxygens (including phenoxy) is 1. The summed E-state index contributed by atoms with van der Waals surface area (Å²) in [4.78, 5) is 13.7. The van der Waals surface area contributed by atoms with Crippen LogP contribution in [0.3, 0.4) is 0 Å². The molecule has 1 aliphatic heterocycles. The average molecular weight is 373 g/mol. The van der Waals surface area contributed by atoms with Crippen LogP contribution in [0.2, 0.25) is 0 Å². The van der Waals surface area contributed by atoms with E-state index in [1.807, 2.05) is 0 Å². The van der Waals surface area contributed by atoms with E-state index in [-0.39, 0.29) is 18.3 Å². The van der Waals surface area contributed by atoms with Crippen LogP contribution in [0.4, 0.5) is 23.7 Å². The Bertz CT molecular complexity index is 634. The second-order valence-electron chi connectivity index (χ2n) is 7.43. The third kappa shape index (κ3) is 5.27. The van der Waals surface area contributed by atoms with Crippen molar-refractivity contribution in [3.8, 4) is 0 Å². The van der Waals surface area contributed by atoms with Crippen LogP contribution in [0.5, 0.6) is 0 Å². The molecule has 1 saturated heterocycles. The first kappa shape index (κ1) is 20.4. The summed E-state index contributed by atoms with van der Waals surface area (Å²) in [6.45, 7) is 6.26. The van der Waals surface area contributed by atoms with Gasteiger partial charge in [-0.3, -0.25) is 0 Å². The molecule has 2 rings (SSSR count). The zero-order valence-electron chi connectivity index (χ0n) is 15.3. The minimum atomic E-state index is -4.45. The van der Waals surface area contributed by atoms with Crippen LogP contribution >= 0.6 is 0 Å². The number of amides is 1. The molecule has 0 radical (unpaired) electrons. The molecular weight excluding hydrogens is 347 g/mol. The number of rotatable bonds is 3. The summed E-state index contributed by atoms with van der Waals surface area (Å²) in [5, 5.41) is 3.00. The molecule has 0 aromatic heterocycles. The SMILES string of the molecule is CC(C)(C)OC(=O)N1CCC(Nc2c(CN)cccc2C(F)(F)F)CC1. The van der Waals surface area contributed by atoms with E-state index in [0.29, 0.717) is 31.5 Å². The first-order valence-corrected chi connectivity index (χ1v) is 8.65. The highest BCUT2D eigenvalue weighted by atomic mass is 19.4.